The molecular formula is C14H18N4O2. The molecule has 3 heterocycles. The van der Waals surface area contributed by atoms with Gasteiger partial charge in [0.15, 0.2) is 0 Å². The molecule has 6 heteroatoms. The lowest BCUT2D eigenvalue weighted by Crippen LogP contribution is -2.31. The Morgan fingerprint density at radius 1 is 1.45 bits per heavy atom. The number of pyridine rings is 1. The monoisotopic (exact) mass is 274 g/mol. The van der Waals surface area contributed by atoms with Crippen molar-refractivity contribution in [1.82, 2.24) is 20.5 Å². The maximum atomic E-state index is 5.83. The van der Waals surface area contributed by atoms with Gasteiger partial charge < -0.3 is 14.8 Å². The predicted octanol–water partition coefficient (Wildman–Crippen LogP) is 1.43. The Hall–Kier alpha value is -1.92. The lowest BCUT2D eigenvalue weighted by atomic mass is 10.0. The Morgan fingerprint density at radius 2 is 2.40 bits per heavy atom. The van der Waals surface area contributed by atoms with Gasteiger partial charge in [0.25, 0.3) is 0 Å². The Bertz CT molecular complexity index is 527. The normalized spacial score (nSPS) is 22.1. The van der Waals surface area contributed by atoms with Crippen LogP contribution in [0.2, 0.25) is 0 Å². The number of ether oxygens (including phenoxy) is 2. The summed E-state index contributed by atoms with van der Waals surface area (Å²) in [6, 6.07) is 6.12. The zero-order valence-corrected chi connectivity index (χ0v) is 11.4. The Morgan fingerprint density at radius 3 is 3.10 bits per heavy atom. The Balaban J connectivity index is 1.65. The zero-order chi connectivity index (χ0) is 13.8. The van der Waals surface area contributed by atoms with Gasteiger partial charge in [-0.05, 0) is 18.6 Å². The van der Waals surface area contributed by atoms with Crippen LogP contribution in [0.25, 0.3) is 0 Å². The van der Waals surface area contributed by atoms with Crippen molar-refractivity contribution < 1.29 is 9.47 Å². The highest BCUT2D eigenvalue weighted by molar-refractivity contribution is 5.21. The number of aromatic amines is 1. The maximum absolute atomic E-state index is 5.83. The third-order valence-electron chi connectivity index (χ3n) is 3.50. The molecule has 0 saturated carbocycles. The van der Waals surface area contributed by atoms with Crippen molar-refractivity contribution in [3.8, 4) is 5.88 Å². The molecular weight excluding hydrogens is 256 g/mol. The highest BCUT2D eigenvalue weighted by Crippen LogP contribution is 2.29. The lowest BCUT2D eigenvalue weighted by Gasteiger charge is -2.19. The van der Waals surface area contributed by atoms with Crippen LogP contribution in [0.15, 0.2) is 30.6 Å². The van der Waals surface area contributed by atoms with Crippen LogP contribution in [0.4, 0.5) is 0 Å². The molecule has 1 aliphatic heterocycles. The first-order chi connectivity index (χ1) is 9.86. The average Bonchev–Trinajstić information content (AvgIpc) is 3.16. The van der Waals surface area contributed by atoms with Gasteiger partial charge in [0.05, 0.1) is 13.2 Å². The summed E-state index contributed by atoms with van der Waals surface area (Å²) in [6.07, 6.45) is 4.61. The molecule has 1 saturated heterocycles. The van der Waals surface area contributed by atoms with Crippen molar-refractivity contribution in [1.29, 1.82) is 0 Å². The molecule has 0 unspecified atom stereocenters. The first kappa shape index (κ1) is 13.1. The molecule has 106 valence electrons. The topological polar surface area (TPSA) is 72.1 Å². The molecule has 0 radical (unpaired) electrons. The van der Waals surface area contributed by atoms with Crippen molar-refractivity contribution in [2.45, 2.75) is 25.1 Å². The quantitative estimate of drug-likeness (QED) is 0.863. The van der Waals surface area contributed by atoms with E-state index in [1.807, 2.05) is 24.4 Å². The fraction of sp³-hybridized carbons (Fsp3) is 0.429. The van der Waals surface area contributed by atoms with Crippen LogP contribution in [0.3, 0.4) is 0 Å². The van der Waals surface area contributed by atoms with Crippen molar-refractivity contribution in [3.63, 3.8) is 0 Å². The van der Waals surface area contributed by atoms with E-state index in [1.165, 1.54) is 0 Å². The van der Waals surface area contributed by atoms with Crippen LogP contribution < -0.4 is 10.1 Å². The molecule has 2 N–H and O–H groups in total. The predicted molar refractivity (Wildman–Crippen MR) is 73.3 cm³/mol. The molecule has 0 aromatic carbocycles. The van der Waals surface area contributed by atoms with E-state index in [-0.39, 0.29) is 12.1 Å². The van der Waals surface area contributed by atoms with Gasteiger partial charge >= 0.3 is 0 Å². The summed E-state index contributed by atoms with van der Waals surface area (Å²) in [4.78, 5) is 4.24. The number of hydrogen-bond acceptors (Lipinski definition) is 5. The van der Waals surface area contributed by atoms with Crippen molar-refractivity contribution in [3.05, 3.63) is 41.9 Å². The lowest BCUT2D eigenvalue weighted by molar-refractivity contribution is 0.0980. The number of nitrogens with zero attached hydrogens (tertiary/aromatic N) is 2. The second kappa shape index (κ2) is 6.02. The van der Waals surface area contributed by atoms with Crippen LogP contribution >= 0.6 is 0 Å². The molecule has 1 fully saturated rings. The first-order valence-electron chi connectivity index (χ1n) is 6.70. The van der Waals surface area contributed by atoms with Crippen molar-refractivity contribution in [2.75, 3.05) is 13.7 Å². The number of aromatic nitrogens is 3. The summed E-state index contributed by atoms with van der Waals surface area (Å²) in [6.45, 7) is 1.52. The van der Waals surface area contributed by atoms with Gasteiger partial charge in [0.1, 0.15) is 0 Å². The summed E-state index contributed by atoms with van der Waals surface area (Å²) >= 11 is 0. The van der Waals surface area contributed by atoms with E-state index in [4.69, 9.17) is 9.47 Å². The van der Waals surface area contributed by atoms with E-state index in [1.54, 1.807) is 13.3 Å². The number of methoxy groups -OCH3 is 1. The molecule has 2 atom stereocenters. The fourth-order valence-corrected chi connectivity index (χ4v) is 2.43. The van der Waals surface area contributed by atoms with Crippen molar-refractivity contribution in [2.24, 2.45) is 0 Å². The van der Waals surface area contributed by atoms with E-state index >= 15 is 0 Å². The van der Waals surface area contributed by atoms with Gasteiger partial charge in [0.2, 0.25) is 5.88 Å². The van der Waals surface area contributed by atoms with E-state index in [0.717, 1.165) is 30.8 Å². The highest BCUT2D eigenvalue weighted by atomic mass is 16.5. The Labute approximate surface area is 117 Å². The molecule has 1 aliphatic rings. The van der Waals surface area contributed by atoms with Gasteiger partial charge in [-0.2, -0.15) is 5.10 Å². The van der Waals surface area contributed by atoms with Crippen LogP contribution in [-0.4, -0.2) is 34.9 Å². The summed E-state index contributed by atoms with van der Waals surface area (Å²) in [5.41, 5.74) is 2.15. The van der Waals surface area contributed by atoms with Crippen molar-refractivity contribution >= 4 is 0 Å². The zero-order valence-electron chi connectivity index (χ0n) is 11.4. The minimum atomic E-state index is 0.0383. The van der Waals surface area contributed by atoms with Gasteiger partial charge in [0, 0.05) is 48.9 Å². The smallest absolute Gasteiger partial charge is 0.212 e. The second-order valence-electron chi connectivity index (χ2n) is 4.78. The van der Waals surface area contributed by atoms with Crippen LogP contribution in [0.5, 0.6) is 5.88 Å². The van der Waals surface area contributed by atoms with E-state index in [2.05, 4.69) is 20.5 Å². The summed E-state index contributed by atoms with van der Waals surface area (Å²) in [7, 11) is 1.61. The SMILES string of the molecule is COc1ccc([C@@H]2OCC[C@H]2NCc2ccn[nH]2)cn1. The standard InChI is InChI=1S/C14H18N4O2/c1-19-13-3-2-10(8-16-13)14-12(5-7-20-14)15-9-11-4-6-17-18-11/h2-4,6,8,12,14-15H,5,7,9H2,1H3,(H,17,18)/t12-,14+/m1/s1. The molecule has 0 aliphatic carbocycles. The van der Waals surface area contributed by atoms with Crippen LogP contribution in [0.1, 0.15) is 23.8 Å². The molecule has 3 rings (SSSR count). The van der Waals surface area contributed by atoms with Crippen LogP contribution in [0, 0.1) is 0 Å². The van der Waals surface area contributed by atoms with E-state index in [0.29, 0.717) is 5.88 Å². The third-order valence-corrected chi connectivity index (χ3v) is 3.50. The largest absolute Gasteiger partial charge is 0.481 e. The number of nitrogens with one attached hydrogen (secondary N) is 2. The molecule has 2 aromatic rings. The molecule has 0 amide bonds. The number of hydrogen-bond donors (Lipinski definition) is 2. The summed E-state index contributed by atoms with van der Waals surface area (Å²) < 4.78 is 10.9. The maximum Gasteiger partial charge on any atom is 0.212 e. The molecule has 2 aromatic heterocycles. The van der Waals surface area contributed by atoms with Crippen LogP contribution in [-0.2, 0) is 11.3 Å². The Kier molecular flexibility index (Phi) is 3.94. The average molecular weight is 274 g/mol. The molecule has 20 heavy (non-hydrogen) atoms. The molecule has 6 nitrogen and oxygen atoms in total. The summed E-state index contributed by atoms with van der Waals surface area (Å²) in [5, 5.41) is 10.4. The number of rotatable bonds is 5. The third kappa shape index (κ3) is 2.81. The second-order valence-corrected chi connectivity index (χ2v) is 4.78. The van der Waals surface area contributed by atoms with Gasteiger partial charge in [-0.1, -0.05) is 0 Å². The van der Waals surface area contributed by atoms with Gasteiger partial charge in [-0.25, -0.2) is 4.98 Å². The minimum absolute atomic E-state index is 0.0383. The highest BCUT2D eigenvalue weighted by Gasteiger charge is 2.29. The summed E-state index contributed by atoms with van der Waals surface area (Å²) in [5.74, 6) is 0.619. The fourth-order valence-electron chi connectivity index (χ4n) is 2.43. The van der Waals surface area contributed by atoms with Gasteiger partial charge in [-0.15, -0.1) is 0 Å². The number of H-pyrrole nitrogens is 1. The van der Waals surface area contributed by atoms with E-state index < -0.39 is 0 Å². The first-order valence-corrected chi connectivity index (χ1v) is 6.70. The minimum Gasteiger partial charge on any atom is -0.481 e. The van der Waals surface area contributed by atoms with E-state index in [9.17, 15) is 0 Å². The molecule has 0 bridgehead atoms. The molecule has 0 spiro atoms. The van der Waals surface area contributed by atoms with Gasteiger partial charge in [-0.3, -0.25) is 5.10 Å².